The molecule has 170 valence electrons. The minimum absolute atomic E-state index is 0. The second-order valence-electron chi connectivity index (χ2n) is 8.62. The first-order valence-electron chi connectivity index (χ1n) is 11.0. The van der Waals surface area contributed by atoms with Crippen LogP contribution in [0, 0.1) is 5.41 Å². The van der Waals surface area contributed by atoms with Crippen LogP contribution in [-0.2, 0) is 9.53 Å². The van der Waals surface area contributed by atoms with E-state index in [9.17, 15) is 4.79 Å². The second kappa shape index (κ2) is 14.4. The highest BCUT2D eigenvalue weighted by molar-refractivity contribution is 5.85. The quantitative estimate of drug-likeness (QED) is 0.214. The lowest BCUT2D eigenvalue weighted by Crippen LogP contribution is -2.27. The summed E-state index contributed by atoms with van der Waals surface area (Å²) in [6.07, 6.45) is 15.8. The maximum Gasteiger partial charge on any atom is 0.331 e. The Labute approximate surface area is 191 Å². The summed E-state index contributed by atoms with van der Waals surface area (Å²) in [5.74, 6) is -0.276. The van der Waals surface area contributed by atoms with Crippen LogP contribution >= 0.6 is 12.4 Å². The monoisotopic (exact) mass is 435 g/mol. The van der Waals surface area contributed by atoms with E-state index in [0.29, 0.717) is 6.61 Å². The summed E-state index contributed by atoms with van der Waals surface area (Å²) in [5.41, 5.74) is 5.33. The molecule has 0 saturated heterocycles. The molecule has 0 atom stereocenters. The van der Waals surface area contributed by atoms with Gasteiger partial charge >= 0.3 is 5.97 Å². The third-order valence-electron chi connectivity index (χ3n) is 5.67. The van der Waals surface area contributed by atoms with Crippen molar-refractivity contribution < 1.29 is 9.53 Å². The molecule has 3 nitrogen and oxygen atoms in total. The van der Waals surface area contributed by atoms with Gasteiger partial charge in [0.05, 0.1) is 0 Å². The average Bonchev–Trinajstić information content (AvgIpc) is 2.64. The van der Waals surface area contributed by atoms with Crippen molar-refractivity contribution in [2.75, 3.05) is 26.2 Å². The minimum atomic E-state index is -0.276. The van der Waals surface area contributed by atoms with E-state index in [0.717, 1.165) is 25.2 Å². The lowest BCUT2D eigenvalue weighted by Gasteiger charge is -2.32. The van der Waals surface area contributed by atoms with E-state index in [2.05, 4.69) is 64.7 Å². The summed E-state index contributed by atoms with van der Waals surface area (Å²) in [5, 5.41) is 0. The molecule has 0 fully saturated rings. The van der Waals surface area contributed by atoms with Crippen LogP contribution in [-0.4, -0.2) is 37.1 Å². The first kappa shape index (κ1) is 28.4. The zero-order chi connectivity index (χ0) is 21.9. The van der Waals surface area contributed by atoms with Crippen molar-refractivity contribution in [3.05, 3.63) is 58.7 Å². The number of ether oxygens (including phenoxy) is 1. The molecular weight excluding hydrogens is 394 g/mol. The molecule has 4 heteroatoms. The Hall–Kier alpha value is -1.58. The number of esters is 1. The number of carbonyl (C=O) groups excluding carboxylic acids is 1. The van der Waals surface area contributed by atoms with Crippen LogP contribution in [0.25, 0.3) is 0 Å². The van der Waals surface area contributed by atoms with Crippen molar-refractivity contribution >= 4 is 18.4 Å². The van der Waals surface area contributed by atoms with E-state index in [1.54, 1.807) is 6.08 Å². The SMILES string of the molecule is CCN(CC)CCOC(=O)C=C(C)C=C/C=C(/C)C=CC1=C(C)CCCC1(C)C.Cl. The molecule has 0 aliphatic heterocycles. The summed E-state index contributed by atoms with van der Waals surface area (Å²) in [6, 6.07) is 0. The first-order valence-corrected chi connectivity index (χ1v) is 11.0. The number of nitrogens with zero attached hydrogens (tertiary/aromatic N) is 1. The largest absolute Gasteiger partial charge is 0.461 e. The van der Waals surface area contributed by atoms with E-state index < -0.39 is 0 Å². The predicted octanol–water partition coefficient (Wildman–Crippen LogP) is 6.82. The molecule has 0 saturated carbocycles. The van der Waals surface area contributed by atoms with Crippen molar-refractivity contribution in [3.63, 3.8) is 0 Å². The zero-order valence-corrected chi connectivity index (χ0v) is 20.9. The number of halogens is 1. The molecule has 0 amide bonds. The molecular formula is C26H42ClNO2. The molecule has 0 aromatic carbocycles. The van der Waals surface area contributed by atoms with Gasteiger partial charge in [0.2, 0.25) is 0 Å². The van der Waals surface area contributed by atoms with Crippen molar-refractivity contribution in [1.29, 1.82) is 0 Å². The van der Waals surface area contributed by atoms with E-state index in [-0.39, 0.29) is 23.8 Å². The summed E-state index contributed by atoms with van der Waals surface area (Å²) in [4.78, 5) is 14.1. The van der Waals surface area contributed by atoms with Gasteiger partial charge in [0, 0.05) is 12.6 Å². The number of carbonyl (C=O) groups is 1. The fourth-order valence-corrected chi connectivity index (χ4v) is 3.72. The van der Waals surface area contributed by atoms with Crippen molar-refractivity contribution in [2.45, 2.75) is 67.7 Å². The van der Waals surface area contributed by atoms with Crippen molar-refractivity contribution in [1.82, 2.24) is 4.90 Å². The van der Waals surface area contributed by atoms with Gasteiger partial charge in [-0.05, 0) is 69.7 Å². The molecule has 1 aliphatic rings. The van der Waals surface area contributed by atoms with Gasteiger partial charge < -0.3 is 9.64 Å². The van der Waals surface area contributed by atoms with Crippen LogP contribution in [0.1, 0.15) is 67.7 Å². The number of allylic oxidation sites excluding steroid dienone is 9. The highest BCUT2D eigenvalue weighted by Crippen LogP contribution is 2.40. The number of likely N-dealkylation sites (N-methyl/N-ethyl adjacent to an activating group) is 1. The average molecular weight is 436 g/mol. The fourth-order valence-electron chi connectivity index (χ4n) is 3.72. The Morgan fingerprint density at radius 2 is 1.80 bits per heavy atom. The van der Waals surface area contributed by atoms with Crippen LogP contribution in [0.2, 0.25) is 0 Å². The van der Waals surface area contributed by atoms with E-state index in [1.165, 1.54) is 36.0 Å². The smallest absolute Gasteiger partial charge is 0.331 e. The van der Waals surface area contributed by atoms with Gasteiger partial charge in [-0.2, -0.15) is 0 Å². The molecule has 1 aliphatic carbocycles. The standard InChI is InChI=1S/C26H41NO2.ClH/c1-8-27(9-2)18-19-29-25(28)20-22(4)13-10-12-21(3)15-16-24-23(5)14-11-17-26(24,6)7;/h10,12-13,15-16,20H,8-9,11,14,17-19H2,1-7H3;1H/b13-10?,16-15?,21-12-,22-20?;. The Kier molecular flexibility index (Phi) is 13.7. The van der Waals surface area contributed by atoms with Gasteiger partial charge in [-0.1, -0.05) is 69.2 Å². The summed E-state index contributed by atoms with van der Waals surface area (Å²) < 4.78 is 5.29. The molecule has 1 rings (SSSR count). The Balaban J connectivity index is 0.00000841. The maximum absolute atomic E-state index is 11.9. The Morgan fingerprint density at radius 3 is 2.40 bits per heavy atom. The van der Waals surface area contributed by atoms with E-state index in [4.69, 9.17) is 4.74 Å². The third-order valence-corrected chi connectivity index (χ3v) is 5.67. The fraction of sp³-hybridized carbons (Fsp3) is 0.577. The maximum atomic E-state index is 11.9. The normalized spacial score (nSPS) is 17.7. The van der Waals surface area contributed by atoms with Gasteiger partial charge in [0.25, 0.3) is 0 Å². The Morgan fingerprint density at radius 1 is 1.13 bits per heavy atom. The van der Waals surface area contributed by atoms with E-state index in [1.807, 2.05) is 19.1 Å². The van der Waals surface area contributed by atoms with Crippen LogP contribution in [0.5, 0.6) is 0 Å². The lowest BCUT2D eigenvalue weighted by atomic mass is 9.72. The topological polar surface area (TPSA) is 29.5 Å². The van der Waals surface area contributed by atoms with E-state index >= 15 is 0 Å². The highest BCUT2D eigenvalue weighted by Gasteiger charge is 2.26. The number of hydrogen-bond donors (Lipinski definition) is 0. The second-order valence-corrected chi connectivity index (χ2v) is 8.62. The van der Waals surface area contributed by atoms with Crippen LogP contribution in [0.4, 0.5) is 0 Å². The van der Waals surface area contributed by atoms with Crippen LogP contribution in [0.15, 0.2) is 58.7 Å². The van der Waals surface area contributed by atoms with Gasteiger partial charge in [0.1, 0.15) is 6.61 Å². The van der Waals surface area contributed by atoms with Crippen molar-refractivity contribution in [2.24, 2.45) is 5.41 Å². The summed E-state index contributed by atoms with van der Waals surface area (Å²) >= 11 is 0. The zero-order valence-electron chi connectivity index (χ0n) is 20.1. The predicted molar refractivity (Wildman–Crippen MR) is 132 cm³/mol. The first-order chi connectivity index (χ1) is 13.7. The molecule has 0 aromatic heterocycles. The molecule has 0 aromatic rings. The third kappa shape index (κ3) is 10.4. The lowest BCUT2D eigenvalue weighted by molar-refractivity contribution is -0.138. The molecule has 0 unspecified atom stereocenters. The van der Waals surface area contributed by atoms with Gasteiger partial charge in [-0.15, -0.1) is 12.4 Å². The highest BCUT2D eigenvalue weighted by atomic mass is 35.5. The molecule has 0 heterocycles. The number of hydrogen-bond acceptors (Lipinski definition) is 3. The van der Waals surface area contributed by atoms with Crippen LogP contribution in [0.3, 0.4) is 0 Å². The van der Waals surface area contributed by atoms with Gasteiger partial charge in [0.15, 0.2) is 0 Å². The Bertz CT molecular complexity index is 692. The van der Waals surface area contributed by atoms with Gasteiger partial charge in [-0.3, -0.25) is 0 Å². The summed E-state index contributed by atoms with van der Waals surface area (Å²) in [6.45, 7) is 18.3. The molecule has 30 heavy (non-hydrogen) atoms. The number of rotatable bonds is 10. The van der Waals surface area contributed by atoms with Crippen molar-refractivity contribution in [3.8, 4) is 0 Å². The van der Waals surface area contributed by atoms with Gasteiger partial charge in [-0.25, -0.2) is 4.79 Å². The molecule has 0 spiro atoms. The van der Waals surface area contributed by atoms with Crippen LogP contribution < -0.4 is 0 Å². The molecule has 0 radical (unpaired) electrons. The molecule has 0 bridgehead atoms. The minimum Gasteiger partial charge on any atom is -0.461 e. The summed E-state index contributed by atoms with van der Waals surface area (Å²) in [7, 11) is 0. The molecule has 0 N–H and O–H groups in total.